The number of fused-ring (bicyclic) bond motifs is 2. The largest absolute Gasteiger partial charge is 0.454 e. The first kappa shape index (κ1) is 19.5. The van der Waals surface area contributed by atoms with Crippen LogP contribution in [-0.4, -0.2) is 27.0 Å². The van der Waals surface area contributed by atoms with Crippen molar-refractivity contribution in [2.24, 2.45) is 0 Å². The predicted octanol–water partition coefficient (Wildman–Crippen LogP) is 5.35. The predicted molar refractivity (Wildman–Crippen MR) is 124 cm³/mol. The van der Waals surface area contributed by atoms with Gasteiger partial charge in [0.25, 0.3) is 10.8 Å². The second-order valence-electron chi connectivity index (χ2n) is 6.96. The van der Waals surface area contributed by atoms with Gasteiger partial charge in [0, 0.05) is 21.4 Å². The van der Waals surface area contributed by atoms with Crippen molar-refractivity contribution in [3.8, 4) is 33.4 Å². The van der Waals surface area contributed by atoms with Gasteiger partial charge < -0.3 is 18.9 Å². The molecule has 1 N–H and O–H groups in total. The van der Waals surface area contributed by atoms with Crippen LogP contribution in [0, 0.1) is 0 Å². The number of aromatic nitrogens is 4. The number of thioether (sulfide) groups is 1. The maximum absolute atomic E-state index is 12.8. The van der Waals surface area contributed by atoms with Crippen molar-refractivity contribution in [2.75, 3.05) is 6.79 Å². The minimum atomic E-state index is -0.190. The monoisotopic (exact) mass is 482 g/mol. The van der Waals surface area contributed by atoms with Crippen LogP contribution in [0.1, 0.15) is 18.0 Å². The van der Waals surface area contributed by atoms with Crippen molar-refractivity contribution < 1.29 is 13.9 Å². The third-order valence-electron chi connectivity index (χ3n) is 4.94. The van der Waals surface area contributed by atoms with E-state index in [2.05, 4.69) is 15.2 Å². The molecule has 5 aromatic rings. The summed E-state index contributed by atoms with van der Waals surface area (Å²) in [5, 5.41) is 13.1. The number of thiophene rings is 2. The van der Waals surface area contributed by atoms with E-state index in [1.165, 1.54) is 23.1 Å². The molecule has 0 bridgehead atoms. The van der Waals surface area contributed by atoms with Crippen LogP contribution in [0.25, 0.3) is 32.1 Å². The van der Waals surface area contributed by atoms with Crippen molar-refractivity contribution in [1.29, 1.82) is 0 Å². The van der Waals surface area contributed by atoms with E-state index in [0.717, 1.165) is 16.0 Å². The number of nitrogens with one attached hydrogen (secondary N) is 1. The number of hydrogen-bond donors (Lipinski definition) is 1. The van der Waals surface area contributed by atoms with E-state index in [0.29, 0.717) is 38.7 Å². The number of ether oxygens (including phenoxy) is 2. The molecule has 11 heteroatoms. The lowest BCUT2D eigenvalue weighted by molar-refractivity contribution is 0.174. The van der Waals surface area contributed by atoms with Crippen molar-refractivity contribution in [3.05, 3.63) is 57.3 Å². The minimum absolute atomic E-state index is 0.145. The minimum Gasteiger partial charge on any atom is -0.454 e. The van der Waals surface area contributed by atoms with Gasteiger partial charge in [0.05, 0.1) is 10.6 Å². The summed E-state index contributed by atoms with van der Waals surface area (Å²) in [6.45, 7) is 2.14. The Morgan fingerprint density at radius 3 is 2.94 bits per heavy atom. The van der Waals surface area contributed by atoms with Crippen LogP contribution in [0.2, 0.25) is 0 Å². The lowest BCUT2D eigenvalue weighted by Crippen LogP contribution is -2.12. The first-order chi connectivity index (χ1) is 15.7. The second kappa shape index (κ2) is 7.76. The Bertz CT molecular complexity index is 1490. The Kier molecular flexibility index (Phi) is 4.74. The summed E-state index contributed by atoms with van der Waals surface area (Å²) in [7, 11) is 0. The van der Waals surface area contributed by atoms with E-state index in [4.69, 9.17) is 18.9 Å². The first-order valence-corrected chi connectivity index (χ1v) is 12.2. The third-order valence-corrected chi connectivity index (χ3v) is 7.66. The van der Waals surface area contributed by atoms with E-state index in [9.17, 15) is 4.79 Å². The summed E-state index contributed by atoms with van der Waals surface area (Å²) < 4.78 is 16.6. The van der Waals surface area contributed by atoms with Crippen molar-refractivity contribution in [1.82, 2.24) is 20.2 Å². The number of rotatable bonds is 5. The molecular weight excluding hydrogens is 468 g/mol. The summed E-state index contributed by atoms with van der Waals surface area (Å²) in [5.74, 6) is 2.29. The lowest BCUT2D eigenvalue weighted by Gasteiger charge is -2.07. The Balaban J connectivity index is 1.26. The van der Waals surface area contributed by atoms with Crippen LogP contribution < -0.4 is 15.0 Å². The van der Waals surface area contributed by atoms with Gasteiger partial charge in [-0.3, -0.25) is 4.79 Å². The van der Waals surface area contributed by atoms with Crippen LogP contribution in [0.4, 0.5) is 0 Å². The lowest BCUT2D eigenvalue weighted by atomic mass is 10.2. The van der Waals surface area contributed by atoms with Gasteiger partial charge in [-0.1, -0.05) is 17.8 Å². The van der Waals surface area contributed by atoms with Gasteiger partial charge in [0.15, 0.2) is 11.5 Å². The molecule has 0 amide bonds. The number of H-pyrrole nitrogens is 1. The highest BCUT2D eigenvalue weighted by Gasteiger charge is 2.21. The topological polar surface area (TPSA) is 103 Å². The zero-order chi connectivity index (χ0) is 21.7. The molecule has 5 heterocycles. The fraction of sp³-hybridized carbons (Fsp3) is 0.143. The second-order valence-corrected chi connectivity index (χ2v) is 10.1. The molecule has 160 valence electrons. The van der Waals surface area contributed by atoms with Crippen LogP contribution in [0.15, 0.2) is 55.5 Å². The number of hydrogen-bond acceptors (Lipinski definition) is 10. The van der Waals surface area contributed by atoms with Gasteiger partial charge in [-0.25, -0.2) is 4.98 Å². The van der Waals surface area contributed by atoms with Crippen molar-refractivity contribution in [3.63, 3.8) is 0 Å². The highest BCUT2D eigenvalue weighted by molar-refractivity contribution is 7.99. The Labute approximate surface area is 193 Å². The molecule has 1 aromatic carbocycles. The van der Waals surface area contributed by atoms with Gasteiger partial charge in [-0.2, -0.15) is 0 Å². The normalized spacial score (nSPS) is 13.7. The molecule has 6 rings (SSSR count). The smallest absolute Gasteiger partial charge is 0.277 e. The molecule has 0 fully saturated rings. The molecule has 0 aliphatic carbocycles. The van der Waals surface area contributed by atoms with Crippen molar-refractivity contribution in [2.45, 2.75) is 17.4 Å². The Morgan fingerprint density at radius 1 is 1.16 bits per heavy atom. The third kappa shape index (κ3) is 3.38. The molecule has 1 atom stereocenters. The first-order valence-electron chi connectivity index (χ1n) is 9.61. The number of benzene rings is 1. The molecule has 0 saturated carbocycles. The zero-order valence-electron chi connectivity index (χ0n) is 16.5. The summed E-state index contributed by atoms with van der Waals surface area (Å²) in [4.78, 5) is 22.2. The fourth-order valence-electron chi connectivity index (χ4n) is 3.38. The number of aromatic amines is 1. The Morgan fingerprint density at radius 2 is 2.06 bits per heavy atom. The highest BCUT2D eigenvalue weighted by Crippen LogP contribution is 2.38. The molecule has 1 aliphatic rings. The fourth-order valence-corrected chi connectivity index (χ4v) is 5.89. The van der Waals surface area contributed by atoms with E-state index in [1.807, 2.05) is 48.0 Å². The van der Waals surface area contributed by atoms with Crippen LogP contribution in [0.5, 0.6) is 11.5 Å². The van der Waals surface area contributed by atoms with Gasteiger partial charge in [0.2, 0.25) is 12.7 Å². The average Bonchev–Trinajstić information content (AvgIpc) is 3.59. The Hall–Kier alpha value is -3.15. The standard InChI is InChI=1S/C21H14N4O4S3/c1-10(17-22-18(26)16-12(8-31-20(16)23-17)15-3-2-6-30-15)32-21-25-24-19(29-21)11-4-5-13-14(7-11)28-9-27-13/h2-8,10H,9H2,1H3,(H,22,23,26). The highest BCUT2D eigenvalue weighted by atomic mass is 32.2. The van der Waals surface area contributed by atoms with E-state index in [-0.39, 0.29) is 17.6 Å². The van der Waals surface area contributed by atoms with Crippen LogP contribution in [-0.2, 0) is 0 Å². The molecule has 0 saturated heterocycles. The summed E-state index contributed by atoms with van der Waals surface area (Å²) in [6.07, 6.45) is 0. The quantitative estimate of drug-likeness (QED) is 0.335. The van der Waals surface area contributed by atoms with E-state index >= 15 is 0 Å². The average molecular weight is 483 g/mol. The summed E-state index contributed by atoms with van der Waals surface area (Å²) in [6, 6.07) is 9.44. The molecule has 0 spiro atoms. The molecule has 0 radical (unpaired) electrons. The van der Waals surface area contributed by atoms with Gasteiger partial charge >= 0.3 is 0 Å². The van der Waals surface area contributed by atoms with Gasteiger partial charge in [0.1, 0.15) is 10.7 Å². The maximum atomic E-state index is 12.8. The van der Waals surface area contributed by atoms with Crippen LogP contribution in [0.3, 0.4) is 0 Å². The molecular formula is C21H14N4O4S3. The number of nitrogens with zero attached hydrogens (tertiary/aromatic N) is 3. The van der Waals surface area contributed by atoms with E-state index in [1.54, 1.807) is 11.3 Å². The molecule has 32 heavy (non-hydrogen) atoms. The maximum Gasteiger partial charge on any atom is 0.277 e. The van der Waals surface area contributed by atoms with Gasteiger partial charge in [-0.05, 0) is 36.6 Å². The summed E-state index contributed by atoms with van der Waals surface area (Å²) in [5.41, 5.74) is 1.52. The SMILES string of the molecule is CC(Sc1nnc(-c2ccc3c(c2)OCO3)o1)c1nc2scc(-c3cccs3)c2c(=O)[nH]1. The molecule has 1 aliphatic heterocycles. The molecule has 1 unspecified atom stereocenters. The van der Waals surface area contributed by atoms with Crippen molar-refractivity contribution >= 4 is 44.7 Å². The molecule has 8 nitrogen and oxygen atoms in total. The molecule has 4 aromatic heterocycles. The van der Waals surface area contributed by atoms with E-state index < -0.39 is 0 Å². The van der Waals surface area contributed by atoms with Crippen LogP contribution >= 0.6 is 34.4 Å². The van der Waals surface area contributed by atoms with Gasteiger partial charge in [-0.15, -0.1) is 32.9 Å². The zero-order valence-corrected chi connectivity index (χ0v) is 19.0. The summed E-state index contributed by atoms with van der Waals surface area (Å²) >= 11 is 4.41.